The lowest BCUT2D eigenvalue weighted by molar-refractivity contribution is 0.580. The molecule has 0 saturated carbocycles. The molecule has 100 valence electrons. The van der Waals surface area contributed by atoms with Crippen LogP contribution in [0, 0.1) is 5.82 Å². The Labute approximate surface area is 112 Å². The van der Waals surface area contributed by atoms with Crippen molar-refractivity contribution in [3.05, 3.63) is 48.2 Å². The standard InChI is InChI=1S/C15H18FN3/c1-3-11(10-17-2)15-18-8-7-14(19-15)12-5-4-6-13(16)9-12/h4-9,11,17H,3,10H2,1-2H3. The third kappa shape index (κ3) is 3.35. The van der Waals surface area contributed by atoms with Gasteiger partial charge in [-0.1, -0.05) is 19.1 Å². The van der Waals surface area contributed by atoms with Crippen molar-refractivity contribution in [3.8, 4) is 11.3 Å². The minimum absolute atomic E-state index is 0.250. The van der Waals surface area contributed by atoms with Crippen LogP contribution >= 0.6 is 0 Å². The number of nitrogens with zero attached hydrogens (tertiary/aromatic N) is 2. The lowest BCUT2D eigenvalue weighted by Gasteiger charge is -2.13. The van der Waals surface area contributed by atoms with Crippen molar-refractivity contribution < 1.29 is 4.39 Å². The van der Waals surface area contributed by atoms with Crippen LogP contribution in [-0.4, -0.2) is 23.6 Å². The predicted molar refractivity (Wildman–Crippen MR) is 74.4 cm³/mol. The highest BCUT2D eigenvalue weighted by Crippen LogP contribution is 2.20. The van der Waals surface area contributed by atoms with Gasteiger partial charge in [0, 0.05) is 24.2 Å². The molecule has 4 heteroatoms. The van der Waals surface area contributed by atoms with E-state index in [4.69, 9.17) is 0 Å². The molecular weight excluding hydrogens is 241 g/mol. The van der Waals surface area contributed by atoms with Crippen LogP contribution in [0.25, 0.3) is 11.3 Å². The van der Waals surface area contributed by atoms with Gasteiger partial charge >= 0.3 is 0 Å². The molecule has 1 atom stereocenters. The van der Waals surface area contributed by atoms with Gasteiger partial charge in [-0.15, -0.1) is 0 Å². The van der Waals surface area contributed by atoms with E-state index in [1.165, 1.54) is 12.1 Å². The van der Waals surface area contributed by atoms with Gasteiger partial charge in [-0.3, -0.25) is 0 Å². The molecule has 19 heavy (non-hydrogen) atoms. The molecule has 0 spiro atoms. The summed E-state index contributed by atoms with van der Waals surface area (Å²) in [6, 6.07) is 8.28. The van der Waals surface area contributed by atoms with Gasteiger partial charge in [0.1, 0.15) is 11.6 Å². The minimum atomic E-state index is -0.250. The Hall–Kier alpha value is -1.81. The zero-order valence-electron chi connectivity index (χ0n) is 11.2. The molecule has 0 fully saturated rings. The Morgan fingerprint density at radius 3 is 2.84 bits per heavy atom. The maximum Gasteiger partial charge on any atom is 0.133 e. The maximum atomic E-state index is 13.2. The second-order valence-corrected chi connectivity index (χ2v) is 4.47. The summed E-state index contributed by atoms with van der Waals surface area (Å²) in [6.45, 7) is 2.95. The first kappa shape index (κ1) is 13.6. The third-order valence-corrected chi connectivity index (χ3v) is 3.10. The quantitative estimate of drug-likeness (QED) is 0.897. The highest BCUT2D eigenvalue weighted by molar-refractivity contribution is 5.58. The second-order valence-electron chi connectivity index (χ2n) is 4.47. The third-order valence-electron chi connectivity index (χ3n) is 3.10. The molecule has 0 saturated heterocycles. The van der Waals surface area contributed by atoms with Gasteiger partial charge in [0.15, 0.2) is 0 Å². The molecule has 2 rings (SSSR count). The molecule has 0 bridgehead atoms. The van der Waals surface area contributed by atoms with E-state index in [1.54, 1.807) is 12.3 Å². The topological polar surface area (TPSA) is 37.8 Å². The summed E-state index contributed by atoms with van der Waals surface area (Å²) in [5.41, 5.74) is 1.54. The number of rotatable bonds is 5. The van der Waals surface area contributed by atoms with Gasteiger partial charge in [-0.25, -0.2) is 14.4 Å². The molecule has 0 aliphatic rings. The summed E-state index contributed by atoms with van der Waals surface area (Å²) >= 11 is 0. The van der Waals surface area contributed by atoms with E-state index in [2.05, 4.69) is 22.2 Å². The first-order chi connectivity index (χ1) is 9.24. The molecule has 1 N–H and O–H groups in total. The number of halogens is 1. The minimum Gasteiger partial charge on any atom is -0.319 e. The van der Waals surface area contributed by atoms with E-state index in [1.807, 2.05) is 19.2 Å². The van der Waals surface area contributed by atoms with Gasteiger partial charge in [0.05, 0.1) is 5.69 Å². The predicted octanol–water partition coefficient (Wildman–Crippen LogP) is 3.00. The normalized spacial score (nSPS) is 12.4. The summed E-state index contributed by atoms with van der Waals surface area (Å²) in [7, 11) is 1.92. The van der Waals surface area contributed by atoms with Gasteiger partial charge in [-0.05, 0) is 31.7 Å². The number of benzene rings is 1. The van der Waals surface area contributed by atoms with Crippen LogP contribution in [0.1, 0.15) is 25.1 Å². The van der Waals surface area contributed by atoms with Crippen LogP contribution in [0.2, 0.25) is 0 Å². The Balaban J connectivity index is 2.33. The fourth-order valence-corrected chi connectivity index (χ4v) is 2.04. The van der Waals surface area contributed by atoms with E-state index in [9.17, 15) is 4.39 Å². The van der Waals surface area contributed by atoms with Crippen molar-refractivity contribution in [2.75, 3.05) is 13.6 Å². The zero-order chi connectivity index (χ0) is 13.7. The Bertz CT molecular complexity index is 542. The van der Waals surface area contributed by atoms with E-state index >= 15 is 0 Å². The summed E-state index contributed by atoms with van der Waals surface area (Å²) in [5, 5.41) is 3.15. The van der Waals surface area contributed by atoms with E-state index in [0.717, 1.165) is 30.0 Å². The van der Waals surface area contributed by atoms with Crippen molar-refractivity contribution in [2.45, 2.75) is 19.3 Å². The number of likely N-dealkylation sites (N-methyl/N-ethyl adjacent to an activating group) is 1. The Morgan fingerprint density at radius 2 is 2.16 bits per heavy atom. The average Bonchev–Trinajstić information content (AvgIpc) is 2.45. The number of aromatic nitrogens is 2. The molecule has 1 heterocycles. The van der Waals surface area contributed by atoms with Crippen LogP contribution < -0.4 is 5.32 Å². The molecule has 3 nitrogen and oxygen atoms in total. The molecule has 0 aliphatic carbocycles. The lowest BCUT2D eigenvalue weighted by Crippen LogP contribution is -2.18. The monoisotopic (exact) mass is 259 g/mol. The van der Waals surface area contributed by atoms with Crippen molar-refractivity contribution in [1.29, 1.82) is 0 Å². The highest BCUT2D eigenvalue weighted by atomic mass is 19.1. The zero-order valence-corrected chi connectivity index (χ0v) is 11.2. The average molecular weight is 259 g/mol. The second kappa shape index (κ2) is 6.38. The van der Waals surface area contributed by atoms with Crippen LogP contribution in [0.4, 0.5) is 4.39 Å². The molecule has 0 aliphatic heterocycles. The van der Waals surface area contributed by atoms with Crippen LogP contribution in [0.3, 0.4) is 0 Å². The van der Waals surface area contributed by atoms with Crippen LogP contribution in [0.5, 0.6) is 0 Å². The SMILES string of the molecule is CCC(CNC)c1nccc(-c2cccc(F)c2)n1. The van der Waals surface area contributed by atoms with Gasteiger partial charge < -0.3 is 5.32 Å². The smallest absolute Gasteiger partial charge is 0.133 e. The van der Waals surface area contributed by atoms with Crippen LogP contribution in [0.15, 0.2) is 36.5 Å². The fraction of sp³-hybridized carbons (Fsp3) is 0.333. The Morgan fingerprint density at radius 1 is 1.32 bits per heavy atom. The molecular formula is C15H18FN3. The van der Waals surface area contributed by atoms with Gasteiger partial charge in [-0.2, -0.15) is 0 Å². The maximum absolute atomic E-state index is 13.2. The van der Waals surface area contributed by atoms with Gasteiger partial charge in [0.25, 0.3) is 0 Å². The molecule has 2 aromatic rings. The van der Waals surface area contributed by atoms with E-state index in [-0.39, 0.29) is 11.7 Å². The van der Waals surface area contributed by atoms with Gasteiger partial charge in [0.2, 0.25) is 0 Å². The van der Waals surface area contributed by atoms with Crippen molar-refractivity contribution in [2.24, 2.45) is 0 Å². The molecule has 1 unspecified atom stereocenters. The Kier molecular flexibility index (Phi) is 4.58. The summed E-state index contributed by atoms with van der Waals surface area (Å²) < 4.78 is 13.2. The first-order valence-electron chi connectivity index (χ1n) is 6.48. The summed E-state index contributed by atoms with van der Waals surface area (Å²) in [6.07, 6.45) is 2.70. The van der Waals surface area contributed by atoms with Crippen molar-refractivity contribution in [3.63, 3.8) is 0 Å². The molecule has 1 aromatic heterocycles. The van der Waals surface area contributed by atoms with Crippen LogP contribution in [-0.2, 0) is 0 Å². The number of hydrogen-bond donors (Lipinski definition) is 1. The number of hydrogen-bond acceptors (Lipinski definition) is 3. The fourth-order valence-electron chi connectivity index (χ4n) is 2.04. The van der Waals surface area contributed by atoms with E-state index in [0.29, 0.717) is 0 Å². The molecule has 0 amide bonds. The summed E-state index contributed by atoms with van der Waals surface area (Å²) in [4.78, 5) is 8.89. The summed E-state index contributed by atoms with van der Waals surface area (Å²) in [5.74, 6) is 0.831. The number of nitrogens with one attached hydrogen (secondary N) is 1. The molecule has 1 aromatic carbocycles. The first-order valence-corrected chi connectivity index (χ1v) is 6.48. The van der Waals surface area contributed by atoms with Crippen molar-refractivity contribution in [1.82, 2.24) is 15.3 Å². The highest BCUT2D eigenvalue weighted by Gasteiger charge is 2.12. The largest absolute Gasteiger partial charge is 0.319 e. The van der Waals surface area contributed by atoms with E-state index < -0.39 is 0 Å². The lowest BCUT2D eigenvalue weighted by atomic mass is 10.1. The van der Waals surface area contributed by atoms with Crippen molar-refractivity contribution >= 4 is 0 Å². The molecule has 0 radical (unpaired) electrons.